The highest BCUT2D eigenvalue weighted by atomic mass is 19.1. The van der Waals surface area contributed by atoms with Crippen molar-refractivity contribution in [2.75, 3.05) is 19.8 Å². The molecule has 6 nitrogen and oxygen atoms in total. The summed E-state index contributed by atoms with van der Waals surface area (Å²) in [5, 5.41) is 17.9. The number of aliphatic carboxylic acids is 1. The number of halogens is 1. The maximum absolute atomic E-state index is 14.3. The van der Waals surface area contributed by atoms with Crippen LogP contribution in [0.5, 0.6) is 23.0 Å². The van der Waals surface area contributed by atoms with E-state index < -0.39 is 5.97 Å². The van der Waals surface area contributed by atoms with Gasteiger partial charge in [-0.05, 0) is 91.8 Å². The molecular formula is C28H29FO6. The molecule has 0 saturated heterocycles. The summed E-state index contributed by atoms with van der Waals surface area (Å²) in [6.07, 6.45) is 1.94. The smallest absolute Gasteiger partial charge is 0.307 e. The van der Waals surface area contributed by atoms with E-state index in [1.165, 1.54) is 6.07 Å². The third-order valence-electron chi connectivity index (χ3n) is 6.16. The van der Waals surface area contributed by atoms with E-state index in [2.05, 4.69) is 0 Å². The van der Waals surface area contributed by atoms with Crippen molar-refractivity contribution in [1.29, 1.82) is 0 Å². The van der Waals surface area contributed by atoms with Crippen molar-refractivity contribution in [3.63, 3.8) is 0 Å². The zero-order valence-electron chi connectivity index (χ0n) is 19.6. The third-order valence-corrected chi connectivity index (χ3v) is 6.16. The molecule has 1 aliphatic carbocycles. The van der Waals surface area contributed by atoms with Crippen LogP contribution in [-0.4, -0.2) is 36.0 Å². The molecule has 1 saturated carbocycles. The van der Waals surface area contributed by atoms with Crippen LogP contribution < -0.4 is 14.2 Å². The van der Waals surface area contributed by atoms with Crippen molar-refractivity contribution in [3.05, 3.63) is 83.2 Å². The Morgan fingerprint density at radius 2 is 1.57 bits per heavy atom. The maximum Gasteiger partial charge on any atom is 0.307 e. The molecule has 2 atom stereocenters. The van der Waals surface area contributed by atoms with E-state index in [0.717, 1.165) is 16.9 Å². The molecule has 0 unspecified atom stereocenters. The van der Waals surface area contributed by atoms with Gasteiger partial charge < -0.3 is 24.4 Å². The molecule has 2 N–H and O–H groups in total. The molecule has 0 radical (unpaired) electrons. The van der Waals surface area contributed by atoms with Crippen molar-refractivity contribution in [1.82, 2.24) is 0 Å². The number of ether oxygens (including phenoxy) is 3. The van der Waals surface area contributed by atoms with Crippen LogP contribution in [0.15, 0.2) is 60.7 Å². The van der Waals surface area contributed by atoms with Crippen LogP contribution in [0.4, 0.5) is 4.39 Å². The number of benzene rings is 3. The lowest BCUT2D eigenvalue weighted by Gasteiger charge is -2.15. The van der Waals surface area contributed by atoms with Gasteiger partial charge in [0.2, 0.25) is 0 Å². The molecule has 0 amide bonds. The molecule has 184 valence electrons. The normalized spacial score (nSPS) is 16.5. The molecule has 0 spiro atoms. The molecule has 3 aromatic rings. The number of rotatable bonds is 12. The summed E-state index contributed by atoms with van der Waals surface area (Å²) in [6.45, 7) is 2.36. The van der Waals surface area contributed by atoms with E-state index >= 15 is 0 Å². The van der Waals surface area contributed by atoms with Crippen molar-refractivity contribution in [2.45, 2.75) is 32.1 Å². The van der Waals surface area contributed by atoms with Gasteiger partial charge in [0.1, 0.15) is 35.4 Å². The fourth-order valence-electron chi connectivity index (χ4n) is 4.09. The highest BCUT2D eigenvalue weighted by molar-refractivity contribution is 5.75. The molecule has 35 heavy (non-hydrogen) atoms. The Kier molecular flexibility index (Phi) is 7.87. The minimum Gasteiger partial charge on any atom is -0.494 e. The van der Waals surface area contributed by atoms with Crippen LogP contribution in [0.2, 0.25) is 0 Å². The van der Waals surface area contributed by atoms with Gasteiger partial charge in [-0.2, -0.15) is 0 Å². The topological polar surface area (TPSA) is 85.2 Å². The van der Waals surface area contributed by atoms with Gasteiger partial charge in [0.15, 0.2) is 0 Å². The Bertz CT molecular complexity index is 1140. The first-order valence-corrected chi connectivity index (χ1v) is 11.7. The number of aliphatic hydroxyl groups is 1. The van der Waals surface area contributed by atoms with Gasteiger partial charge in [-0.3, -0.25) is 4.79 Å². The lowest BCUT2D eigenvalue weighted by Crippen LogP contribution is -2.03. The van der Waals surface area contributed by atoms with Crippen molar-refractivity contribution in [3.8, 4) is 23.0 Å². The number of carbonyl (C=O) groups is 1. The molecular weight excluding hydrogens is 451 g/mol. The fraction of sp³-hybridized carbons (Fsp3) is 0.321. The average molecular weight is 481 g/mol. The maximum atomic E-state index is 14.3. The number of carboxylic acid groups (broad SMARTS) is 1. The summed E-state index contributed by atoms with van der Waals surface area (Å²) < 4.78 is 31.5. The van der Waals surface area contributed by atoms with Crippen molar-refractivity contribution in [2.24, 2.45) is 5.92 Å². The highest BCUT2D eigenvalue weighted by Crippen LogP contribution is 2.47. The number of carboxylic acids is 1. The van der Waals surface area contributed by atoms with Crippen LogP contribution >= 0.6 is 0 Å². The minimum absolute atomic E-state index is 0.0564. The third kappa shape index (κ3) is 6.31. The summed E-state index contributed by atoms with van der Waals surface area (Å²) >= 11 is 0. The largest absolute Gasteiger partial charge is 0.494 e. The first-order chi connectivity index (χ1) is 17.0. The number of hydrogen-bond acceptors (Lipinski definition) is 5. The standard InChI is InChI=1S/C28H29FO6/c1-18-23(3-2-15-33-20-6-4-19(5-7-20)24-17-25(24)28(31)32)27(13-12-26(18)29)35-22-10-8-21(9-11-22)34-16-14-30/h4-13,24-25,30H,2-3,14-17H2,1H3,(H,31,32)/t24-,25+/m1/s1. The first-order valence-electron chi connectivity index (χ1n) is 11.7. The number of aliphatic hydroxyl groups excluding tert-OH is 1. The monoisotopic (exact) mass is 480 g/mol. The molecule has 0 aromatic heterocycles. The Balaban J connectivity index is 1.32. The van der Waals surface area contributed by atoms with E-state index in [1.54, 1.807) is 37.3 Å². The van der Waals surface area contributed by atoms with Crippen molar-refractivity contribution < 1.29 is 33.6 Å². The quantitative estimate of drug-likeness (QED) is 0.333. The molecule has 0 bridgehead atoms. The second kappa shape index (κ2) is 11.2. The molecule has 4 rings (SSSR count). The van der Waals surface area contributed by atoms with Gasteiger partial charge in [-0.25, -0.2) is 4.39 Å². The van der Waals surface area contributed by atoms with Gasteiger partial charge >= 0.3 is 5.97 Å². The summed E-state index contributed by atoms with van der Waals surface area (Å²) in [7, 11) is 0. The lowest BCUT2D eigenvalue weighted by molar-refractivity contribution is -0.138. The zero-order chi connectivity index (χ0) is 24.8. The van der Waals surface area contributed by atoms with E-state index in [1.807, 2.05) is 24.3 Å². The van der Waals surface area contributed by atoms with Crippen LogP contribution in [-0.2, 0) is 11.2 Å². The molecule has 0 heterocycles. The van der Waals surface area contributed by atoms with Crippen LogP contribution in [0, 0.1) is 18.7 Å². The van der Waals surface area contributed by atoms with Gasteiger partial charge in [0, 0.05) is 5.56 Å². The average Bonchev–Trinajstić information content (AvgIpc) is 3.67. The van der Waals surface area contributed by atoms with Gasteiger partial charge in [0.25, 0.3) is 0 Å². The summed E-state index contributed by atoms with van der Waals surface area (Å²) in [4.78, 5) is 11.1. The van der Waals surface area contributed by atoms with E-state index in [0.29, 0.717) is 48.7 Å². The van der Waals surface area contributed by atoms with Gasteiger partial charge in [-0.15, -0.1) is 0 Å². The lowest BCUT2D eigenvalue weighted by atomic mass is 10.0. The molecule has 1 fully saturated rings. The Morgan fingerprint density at radius 1 is 0.943 bits per heavy atom. The zero-order valence-corrected chi connectivity index (χ0v) is 19.6. The van der Waals surface area contributed by atoms with E-state index in [-0.39, 0.29) is 30.9 Å². The second-order valence-electron chi connectivity index (χ2n) is 8.60. The minimum atomic E-state index is -0.740. The summed E-state index contributed by atoms with van der Waals surface area (Å²) in [5.41, 5.74) is 2.36. The fourth-order valence-corrected chi connectivity index (χ4v) is 4.09. The molecule has 1 aliphatic rings. The molecule has 0 aliphatic heterocycles. The van der Waals surface area contributed by atoms with E-state index in [4.69, 9.17) is 24.4 Å². The first kappa shape index (κ1) is 24.5. The Morgan fingerprint density at radius 3 is 2.20 bits per heavy atom. The van der Waals surface area contributed by atoms with Crippen LogP contribution in [0.3, 0.4) is 0 Å². The summed E-state index contributed by atoms with van der Waals surface area (Å²) in [5.74, 6) is 1.35. The predicted molar refractivity (Wildman–Crippen MR) is 129 cm³/mol. The van der Waals surface area contributed by atoms with Crippen LogP contribution in [0.1, 0.15) is 35.4 Å². The Labute approximate surface area is 203 Å². The second-order valence-corrected chi connectivity index (χ2v) is 8.60. The van der Waals surface area contributed by atoms with Gasteiger partial charge in [0.05, 0.1) is 19.1 Å². The number of hydrogen-bond donors (Lipinski definition) is 2. The molecule has 3 aromatic carbocycles. The SMILES string of the molecule is Cc1c(F)ccc(Oc2ccc(OCCO)cc2)c1CCCOc1ccc([C@H]2C[C@@H]2C(=O)O)cc1. The molecule has 7 heteroatoms. The van der Waals surface area contributed by atoms with Crippen LogP contribution in [0.25, 0.3) is 0 Å². The Hall–Kier alpha value is -3.58. The predicted octanol–water partition coefficient (Wildman–Crippen LogP) is 5.50. The van der Waals surface area contributed by atoms with E-state index in [9.17, 15) is 9.18 Å². The summed E-state index contributed by atoms with van der Waals surface area (Å²) in [6, 6.07) is 17.7. The highest BCUT2D eigenvalue weighted by Gasteiger charge is 2.44. The van der Waals surface area contributed by atoms with Gasteiger partial charge in [-0.1, -0.05) is 12.1 Å². The van der Waals surface area contributed by atoms with Crippen molar-refractivity contribution >= 4 is 5.97 Å².